The first kappa shape index (κ1) is 21.5. The SMILES string of the molecule is CCCC(NC)C(=O)C(=O)NCC(=O)NC(C(=O)OC)C(=O)OC. The molecule has 0 saturated carbocycles. The quantitative estimate of drug-likeness (QED) is 0.232. The summed E-state index contributed by atoms with van der Waals surface area (Å²) in [4.78, 5) is 58.1. The van der Waals surface area contributed by atoms with Crippen molar-refractivity contribution in [1.82, 2.24) is 16.0 Å². The second kappa shape index (κ2) is 11.1. The minimum atomic E-state index is -1.65. The Morgan fingerprint density at radius 1 is 1.00 bits per heavy atom. The lowest BCUT2D eigenvalue weighted by atomic mass is 10.1. The first-order chi connectivity index (χ1) is 11.3. The third-order valence-electron chi connectivity index (χ3n) is 3.05. The zero-order valence-electron chi connectivity index (χ0n) is 14.1. The molecule has 1 atom stereocenters. The fraction of sp³-hybridized carbons (Fsp3) is 0.643. The van der Waals surface area contributed by atoms with Crippen LogP contribution in [-0.2, 0) is 33.4 Å². The predicted octanol–water partition coefficient (Wildman–Crippen LogP) is -2.11. The molecule has 10 heteroatoms. The van der Waals surface area contributed by atoms with Gasteiger partial charge in [-0.2, -0.15) is 0 Å². The Bertz CT molecular complexity index is 477. The first-order valence-corrected chi connectivity index (χ1v) is 7.26. The summed E-state index contributed by atoms with van der Waals surface area (Å²) < 4.78 is 8.74. The number of carbonyl (C=O) groups excluding carboxylic acids is 5. The zero-order valence-corrected chi connectivity index (χ0v) is 14.1. The minimum absolute atomic E-state index is 0.474. The zero-order chi connectivity index (χ0) is 18.7. The molecular formula is C14H23N3O7. The molecule has 0 aliphatic rings. The van der Waals surface area contributed by atoms with Gasteiger partial charge in [0.1, 0.15) is 0 Å². The van der Waals surface area contributed by atoms with Gasteiger partial charge in [0.2, 0.25) is 17.7 Å². The molecule has 1 unspecified atom stereocenters. The fourth-order valence-electron chi connectivity index (χ4n) is 1.76. The number of likely N-dealkylation sites (N-methyl/N-ethyl adjacent to an activating group) is 1. The van der Waals surface area contributed by atoms with Gasteiger partial charge in [-0.25, -0.2) is 9.59 Å². The number of ether oxygens (including phenoxy) is 2. The van der Waals surface area contributed by atoms with E-state index in [1.165, 1.54) is 0 Å². The van der Waals surface area contributed by atoms with Crippen molar-refractivity contribution in [2.75, 3.05) is 27.8 Å². The van der Waals surface area contributed by atoms with E-state index in [2.05, 4.69) is 25.4 Å². The fourth-order valence-corrected chi connectivity index (χ4v) is 1.76. The van der Waals surface area contributed by atoms with E-state index in [1.54, 1.807) is 7.05 Å². The van der Waals surface area contributed by atoms with Crippen molar-refractivity contribution in [1.29, 1.82) is 0 Å². The molecule has 0 aliphatic carbocycles. The van der Waals surface area contributed by atoms with E-state index >= 15 is 0 Å². The Hall–Kier alpha value is -2.49. The molecule has 10 nitrogen and oxygen atoms in total. The molecular weight excluding hydrogens is 322 g/mol. The summed E-state index contributed by atoms with van der Waals surface area (Å²) >= 11 is 0. The number of esters is 2. The lowest BCUT2D eigenvalue weighted by molar-refractivity contribution is -0.157. The van der Waals surface area contributed by atoms with Crippen molar-refractivity contribution in [2.45, 2.75) is 31.8 Å². The van der Waals surface area contributed by atoms with Crippen molar-refractivity contribution < 1.29 is 33.4 Å². The lowest BCUT2D eigenvalue weighted by Crippen LogP contribution is -2.52. The van der Waals surface area contributed by atoms with E-state index in [4.69, 9.17) is 0 Å². The van der Waals surface area contributed by atoms with Gasteiger partial charge >= 0.3 is 11.9 Å². The standard InChI is InChI=1S/C14H23N3O7/c1-5-6-8(15-2)11(19)12(20)16-7-9(18)17-10(13(21)23-3)14(22)24-4/h8,10,15H,5-7H2,1-4H3,(H,16,20)(H,17,18). The Morgan fingerprint density at radius 3 is 1.96 bits per heavy atom. The van der Waals surface area contributed by atoms with Crippen LogP contribution < -0.4 is 16.0 Å². The van der Waals surface area contributed by atoms with Crippen molar-refractivity contribution in [3.63, 3.8) is 0 Å². The summed E-state index contributed by atoms with van der Waals surface area (Å²) in [5.74, 6) is -4.53. The summed E-state index contributed by atoms with van der Waals surface area (Å²) in [5.41, 5.74) is 0. The molecule has 0 radical (unpaired) electrons. The van der Waals surface area contributed by atoms with Crippen molar-refractivity contribution in [3.05, 3.63) is 0 Å². The molecule has 3 N–H and O–H groups in total. The van der Waals surface area contributed by atoms with Gasteiger partial charge in [-0.3, -0.25) is 14.4 Å². The van der Waals surface area contributed by atoms with E-state index in [0.717, 1.165) is 14.2 Å². The van der Waals surface area contributed by atoms with Crippen molar-refractivity contribution in [2.24, 2.45) is 0 Å². The van der Waals surface area contributed by atoms with E-state index in [0.29, 0.717) is 12.8 Å². The summed E-state index contributed by atoms with van der Waals surface area (Å²) in [6.07, 6.45) is 1.17. The van der Waals surface area contributed by atoms with E-state index in [9.17, 15) is 24.0 Å². The maximum Gasteiger partial charge on any atom is 0.340 e. The minimum Gasteiger partial charge on any atom is -0.467 e. The highest BCUT2D eigenvalue weighted by Crippen LogP contribution is 1.97. The molecule has 0 fully saturated rings. The van der Waals surface area contributed by atoms with Gasteiger partial charge in [0.25, 0.3) is 5.91 Å². The molecule has 136 valence electrons. The number of rotatable bonds is 10. The van der Waals surface area contributed by atoms with Crippen LogP contribution in [0.3, 0.4) is 0 Å². The molecule has 0 spiro atoms. The number of amides is 2. The number of hydrogen-bond donors (Lipinski definition) is 3. The summed E-state index contributed by atoms with van der Waals surface area (Å²) in [7, 11) is 3.63. The van der Waals surface area contributed by atoms with Gasteiger partial charge in [0, 0.05) is 0 Å². The largest absolute Gasteiger partial charge is 0.467 e. The highest BCUT2D eigenvalue weighted by molar-refractivity contribution is 6.38. The van der Waals surface area contributed by atoms with Crippen molar-refractivity contribution >= 4 is 29.5 Å². The van der Waals surface area contributed by atoms with Gasteiger partial charge in [-0.1, -0.05) is 13.3 Å². The number of methoxy groups -OCH3 is 2. The average Bonchev–Trinajstić information content (AvgIpc) is 2.59. The van der Waals surface area contributed by atoms with Crippen LogP contribution >= 0.6 is 0 Å². The van der Waals surface area contributed by atoms with Gasteiger partial charge in [-0.15, -0.1) is 0 Å². The third-order valence-corrected chi connectivity index (χ3v) is 3.05. The second-order valence-electron chi connectivity index (χ2n) is 4.72. The predicted molar refractivity (Wildman–Crippen MR) is 81.7 cm³/mol. The van der Waals surface area contributed by atoms with E-state index < -0.39 is 48.2 Å². The van der Waals surface area contributed by atoms with Gasteiger partial charge < -0.3 is 25.4 Å². The molecule has 0 rings (SSSR count). The van der Waals surface area contributed by atoms with Crippen LogP contribution in [-0.4, -0.2) is 69.4 Å². The van der Waals surface area contributed by atoms with Gasteiger partial charge in [0.15, 0.2) is 0 Å². The van der Waals surface area contributed by atoms with E-state index in [1.807, 2.05) is 6.92 Å². The molecule has 0 bridgehead atoms. The molecule has 0 saturated heterocycles. The molecule has 0 aromatic heterocycles. The number of ketones is 1. The summed E-state index contributed by atoms with van der Waals surface area (Å²) in [6, 6.07) is -2.29. The summed E-state index contributed by atoms with van der Waals surface area (Å²) in [5, 5.41) is 6.90. The van der Waals surface area contributed by atoms with E-state index in [-0.39, 0.29) is 0 Å². The maximum absolute atomic E-state index is 11.9. The van der Waals surface area contributed by atoms with Crippen LogP contribution in [0.5, 0.6) is 0 Å². The average molecular weight is 345 g/mol. The Morgan fingerprint density at radius 2 is 1.54 bits per heavy atom. The highest BCUT2D eigenvalue weighted by atomic mass is 16.5. The Labute approximate surface area is 139 Å². The molecule has 0 aromatic rings. The number of carbonyl (C=O) groups is 5. The van der Waals surface area contributed by atoms with Crippen molar-refractivity contribution in [3.8, 4) is 0 Å². The number of Topliss-reactive ketones (excluding diaryl/α,β-unsaturated/α-hetero) is 1. The van der Waals surface area contributed by atoms with Gasteiger partial charge in [0.05, 0.1) is 26.8 Å². The first-order valence-electron chi connectivity index (χ1n) is 7.26. The Balaban J connectivity index is 4.61. The molecule has 24 heavy (non-hydrogen) atoms. The molecule has 0 aromatic carbocycles. The van der Waals surface area contributed by atoms with Crippen LogP contribution in [0.25, 0.3) is 0 Å². The smallest absolute Gasteiger partial charge is 0.340 e. The Kier molecular flexibility index (Phi) is 9.96. The normalized spacial score (nSPS) is 11.4. The van der Waals surface area contributed by atoms with Crippen LogP contribution in [0.4, 0.5) is 0 Å². The monoisotopic (exact) mass is 345 g/mol. The highest BCUT2D eigenvalue weighted by Gasteiger charge is 2.30. The lowest BCUT2D eigenvalue weighted by Gasteiger charge is -2.15. The van der Waals surface area contributed by atoms with Crippen LogP contribution in [0, 0.1) is 0 Å². The molecule has 0 heterocycles. The third kappa shape index (κ3) is 6.73. The van der Waals surface area contributed by atoms with Crippen LogP contribution in [0.1, 0.15) is 19.8 Å². The molecule has 2 amide bonds. The molecule has 0 aliphatic heterocycles. The maximum atomic E-state index is 11.9. The van der Waals surface area contributed by atoms with Crippen LogP contribution in [0.15, 0.2) is 0 Å². The topological polar surface area (TPSA) is 140 Å². The van der Waals surface area contributed by atoms with Crippen LogP contribution in [0.2, 0.25) is 0 Å². The summed E-state index contributed by atoms with van der Waals surface area (Å²) in [6.45, 7) is 1.28. The number of nitrogens with one attached hydrogen (secondary N) is 3. The second-order valence-corrected chi connectivity index (χ2v) is 4.72. The number of hydrogen-bond acceptors (Lipinski definition) is 8. The van der Waals surface area contributed by atoms with Gasteiger partial charge in [-0.05, 0) is 13.5 Å².